The monoisotopic (exact) mass is 318 g/mol. The molecule has 1 amide bonds. The summed E-state index contributed by atoms with van der Waals surface area (Å²) in [5.41, 5.74) is 9.49. The molecule has 0 spiro atoms. The van der Waals surface area contributed by atoms with Crippen molar-refractivity contribution in [3.05, 3.63) is 71.3 Å². The van der Waals surface area contributed by atoms with Crippen LogP contribution in [0.3, 0.4) is 0 Å². The fraction of sp³-hybridized carbons (Fsp3) is 0.278. The van der Waals surface area contributed by atoms with Crippen molar-refractivity contribution in [3.63, 3.8) is 0 Å². The molecule has 0 aliphatic rings. The van der Waals surface area contributed by atoms with Crippen LogP contribution in [0.15, 0.2) is 54.6 Å². The van der Waals surface area contributed by atoms with E-state index in [1.807, 2.05) is 36.4 Å². The van der Waals surface area contributed by atoms with Gasteiger partial charge in [0, 0.05) is 6.54 Å². The first kappa shape index (κ1) is 18.2. The van der Waals surface area contributed by atoms with E-state index in [2.05, 4.69) is 30.4 Å². The van der Waals surface area contributed by atoms with Gasteiger partial charge in [-0.1, -0.05) is 60.2 Å². The molecule has 0 fully saturated rings. The summed E-state index contributed by atoms with van der Waals surface area (Å²) < 4.78 is 0. The molecule has 22 heavy (non-hydrogen) atoms. The maximum absolute atomic E-state index is 12.0. The molecule has 0 radical (unpaired) electrons. The number of carbonyl (C=O) groups excluding carboxylic acids is 1. The second kappa shape index (κ2) is 9.23. The van der Waals surface area contributed by atoms with Crippen LogP contribution in [0, 0.1) is 6.92 Å². The molecular formula is C18H23ClN2O. The number of aryl methyl sites for hydroxylation is 1. The van der Waals surface area contributed by atoms with Crippen molar-refractivity contribution < 1.29 is 4.79 Å². The van der Waals surface area contributed by atoms with Gasteiger partial charge in [0.05, 0.1) is 6.04 Å². The van der Waals surface area contributed by atoms with Gasteiger partial charge < -0.3 is 11.1 Å². The van der Waals surface area contributed by atoms with Crippen molar-refractivity contribution in [2.75, 3.05) is 6.54 Å². The van der Waals surface area contributed by atoms with Crippen LogP contribution in [0.2, 0.25) is 0 Å². The number of rotatable bonds is 6. The average molecular weight is 319 g/mol. The topological polar surface area (TPSA) is 55.1 Å². The van der Waals surface area contributed by atoms with Crippen LogP contribution in [0.25, 0.3) is 0 Å². The second-order valence-corrected chi connectivity index (χ2v) is 5.33. The Balaban J connectivity index is 0.00000242. The molecule has 0 aromatic heterocycles. The second-order valence-electron chi connectivity index (χ2n) is 5.33. The van der Waals surface area contributed by atoms with Crippen LogP contribution in [0.5, 0.6) is 0 Å². The largest absolute Gasteiger partial charge is 0.354 e. The van der Waals surface area contributed by atoms with Crippen LogP contribution in [0.1, 0.15) is 16.7 Å². The minimum atomic E-state index is -0.495. The first-order valence-corrected chi connectivity index (χ1v) is 7.28. The third-order valence-electron chi connectivity index (χ3n) is 3.43. The number of hydrogen-bond acceptors (Lipinski definition) is 2. The molecule has 0 aliphatic carbocycles. The minimum absolute atomic E-state index is 0. The predicted molar refractivity (Wildman–Crippen MR) is 93.3 cm³/mol. The fourth-order valence-electron chi connectivity index (χ4n) is 2.29. The normalized spacial score (nSPS) is 11.4. The van der Waals surface area contributed by atoms with Gasteiger partial charge in [-0.25, -0.2) is 0 Å². The molecule has 2 rings (SSSR count). The highest BCUT2D eigenvalue weighted by Crippen LogP contribution is 2.04. The molecule has 0 saturated heterocycles. The Morgan fingerprint density at radius 2 is 1.77 bits per heavy atom. The molecule has 1 atom stereocenters. The van der Waals surface area contributed by atoms with Crippen LogP contribution in [-0.4, -0.2) is 18.5 Å². The lowest BCUT2D eigenvalue weighted by Crippen LogP contribution is -2.42. The van der Waals surface area contributed by atoms with Gasteiger partial charge in [0.15, 0.2) is 0 Å². The lowest BCUT2D eigenvalue weighted by molar-refractivity contribution is -0.122. The molecule has 0 bridgehead atoms. The summed E-state index contributed by atoms with van der Waals surface area (Å²) in [7, 11) is 0. The summed E-state index contributed by atoms with van der Waals surface area (Å²) in [4.78, 5) is 12.0. The van der Waals surface area contributed by atoms with E-state index in [1.54, 1.807) is 0 Å². The minimum Gasteiger partial charge on any atom is -0.354 e. The highest BCUT2D eigenvalue weighted by molar-refractivity contribution is 5.85. The molecule has 3 nitrogen and oxygen atoms in total. The van der Waals surface area contributed by atoms with Crippen LogP contribution in [-0.2, 0) is 17.6 Å². The summed E-state index contributed by atoms with van der Waals surface area (Å²) in [6, 6.07) is 17.7. The Labute approximate surface area is 138 Å². The summed E-state index contributed by atoms with van der Waals surface area (Å²) in [6.45, 7) is 2.68. The van der Waals surface area contributed by atoms with Crippen LogP contribution < -0.4 is 11.1 Å². The standard InChI is InChI=1S/C18H22N2O.ClH/c1-14-6-5-9-16(12-14)10-11-20-18(21)17(19)13-15-7-3-2-4-8-15;/h2-9,12,17H,10-11,13,19H2,1H3,(H,20,21);1H. The summed E-state index contributed by atoms with van der Waals surface area (Å²) >= 11 is 0. The quantitative estimate of drug-likeness (QED) is 0.860. The molecule has 0 saturated carbocycles. The maximum atomic E-state index is 12.0. The Morgan fingerprint density at radius 3 is 2.45 bits per heavy atom. The predicted octanol–water partition coefficient (Wildman–Crippen LogP) is 2.65. The van der Waals surface area contributed by atoms with Gasteiger partial charge in [0.2, 0.25) is 5.91 Å². The first-order chi connectivity index (χ1) is 10.1. The lowest BCUT2D eigenvalue weighted by atomic mass is 10.1. The van der Waals surface area contributed by atoms with Gasteiger partial charge >= 0.3 is 0 Å². The summed E-state index contributed by atoms with van der Waals surface area (Å²) in [6.07, 6.45) is 1.39. The molecular weight excluding hydrogens is 296 g/mol. The van der Waals surface area contributed by atoms with Crippen molar-refractivity contribution in [1.29, 1.82) is 0 Å². The van der Waals surface area contributed by atoms with Crippen molar-refractivity contribution in [3.8, 4) is 0 Å². The summed E-state index contributed by atoms with van der Waals surface area (Å²) in [5, 5.41) is 2.91. The number of benzene rings is 2. The third-order valence-corrected chi connectivity index (χ3v) is 3.43. The van der Waals surface area contributed by atoms with Gasteiger partial charge in [0.1, 0.15) is 0 Å². The maximum Gasteiger partial charge on any atom is 0.237 e. The Bertz CT molecular complexity index is 587. The molecule has 4 heteroatoms. The lowest BCUT2D eigenvalue weighted by Gasteiger charge is -2.12. The van der Waals surface area contributed by atoms with Crippen LogP contribution >= 0.6 is 12.4 Å². The molecule has 2 aromatic rings. The zero-order valence-electron chi connectivity index (χ0n) is 12.8. The SMILES string of the molecule is Cc1cccc(CCNC(=O)C(N)Cc2ccccc2)c1.Cl. The number of amides is 1. The highest BCUT2D eigenvalue weighted by Gasteiger charge is 2.13. The van der Waals surface area contributed by atoms with Gasteiger partial charge in [-0.2, -0.15) is 0 Å². The van der Waals surface area contributed by atoms with E-state index in [0.29, 0.717) is 13.0 Å². The first-order valence-electron chi connectivity index (χ1n) is 7.28. The Morgan fingerprint density at radius 1 is 1.09 bits per heavy atom. The number of nitrogens with one attached hydrogen (secondary N) is 1. The van der Waals surface area contributed by atoms with E-state index in [4.69, 9.17) is 5.73 Å². The smallest absolute Gasteiger partial charge is 0.237 e. The molecule has 2 aromatic carbocycles. The number of carbonyl (C=O) groups is 1. The van der Waals surface area contributed by atoms with Gasteiger partial charge in [-0.15, -0.1) is 12.4 Å². The van der Waals surface area contributed by atoms with Crippen molar-refractivity contribution in [2.24, 2.45) is 5.73 Å². The zero-order chi connectivity index (χ0) is 15.1. The van der Waals surface area contributed by atoms with E-state index < -0.39 is 6.04 Å². The van der Waals surface area contributed by atoms with E-state index >= 15 is 0 Å². The van der Waals surface area contributed by atoms with Gasteiger partial charge in [0.25, 0.3) is 0 Å². The third kappa shape index (κ3) is 5.88. The van der Waals surface area contributed by atoms with Gasteiger partial charge in [-0.3, -0.25) is 4.79 Å². The van der Waals surface area contributed by atoms with E-state index in [1.165, 1.54) is 11.1 Å². The number of halogens is 1. The average Bonchev–Trinajstić information content (AvgIpc) is 2.48. The Hall–Kier alpha value is -1.84. The molecule has 0 heterocycles. The molecule has 1 unspecified atom stereocenters. The van der Waals surface area contributed by atoms with E-state index in [9.17, 15) is 4.79 Å². The zero-order valence-corrected chi connectivity index (χ0v) is 13.6. The van der Waals surface area contributed by atoms with Crippen molar-refractivity contribution in [2.45, 2.75) is 25.8 Å². The van der Waals surface area contributed by atoms with Crippen molar-refractivity contribution >= 4 is 18.3 Å². The number of hydrogen-bond donors (Lipinski definition) is 2. The van der Waals surface area contributed by atoms with Crippen LogP contribution in [0.4, 0.5) is 0 Å². The van der Waals surface area contributed by atoms with E-state index in [0.717, 1.165) is 12.0 Å². The molecule has 0 aliphatic heterocycles. The molecule has 118 valence electrons. The van der Waals surface area contributed by atoms with Gasteiger partial charge in [-0.05, 0) is 30.9 Å². The summed E-state index contributed by atoms with van der Waals surface area (Å²) in [5.74, 6) is -0.0912. The highest BCUT2D eigenvalue weighted by atomic mass is 35.5. The number of nitrogens with two attached hydrogens (primary N) is 1. The molecule has 3 N–H and O–H groups in total. The fourth-order valence-corrected chi connectivity index (χ4v) is 2.29. The van der Waals surface area contributed by atoms with Crippen molar-refractivity contribution in [1.82, 2.24) is 5.32 Å². The van der Waals surface area contributed by atoms with E-state index in [-0.39, 0.29) is 18.3 Å². The Kier molecular flexibility index (Phi) is 7.64.